The zero-order chi connectivity index (χ0) is 18.1. The highest BCUT2D eigenvalue weighted by atomic mass is 32.1. The number of nitrogens with one attached hydrogen (secondary N) is 2. The van der Waals surface area contributed by atoms with E-state index in [1.54, 1.807) is 37.3 Å². The van der Waals surface area contributed by atoms with Crippen molar-refractivity contribution >= 4 is 29.0 Å². The molecule has 25 heavy (non-hydrogen) atoms. The van der Waals surface area contributed by atoms with Gasteiger partial charge < -0.3 is 15.4 Å². The van der Waals surface area contributed by atoms with Gasteiger partial charge in [0.05, 0.1) is 12.2 Å². The Morgan fingerprint density at radius 2 is 1.96 bits per heavy atom. The van der Waals surface area contributed by atoms with Crippen LogP contribution in [0, 0.1) is 5.82 Å². The topological polar surface area (TPSA) is 50.4 Å². The summed E-state index contributed by atoms with van der Waals surface area (Å²) in [5.41, 5.74) is 2.29. The molecule has 0 aliphatic heterocycles. The molecule has 6 heteroatoms. The summed E-state index contributed by atoms with van der Waals surface area (Å²) in [4.78, 5) is 11.7. The second kappa shape index (κ2) is 9.74. The fraction of sp³-hybridized carbons (Fsp3) is 0.263. The van der Waals surface area contributed by atoms with Crippen molar-refractivity contribution in [2.75, 3.05) is 18.5 Å². The first-order valence-corrected chi connectivity index (χ1v) is 8.56. The van der Waals surface area contributed by atoms with Crippen LogP contribution >= 0.6 is 12.2 Å². The molecule has 2 aromatic carbocycles. The summed E-state index contributed by atoms with van der Waals surface area (Å²) in [5, 5.41) is 6.65. The number of ether oxygens (including phenoxy) is 1. The lowest BCUT2D eigenvalue weighted by Gasteiger charge is -2.11. The third-order valence-corrected chi connectivity index (χ3v) is 3.72. The van der Waals surface area contributed by atoms with E-state index in [-0.39, 0.29) is 11.8 Å². The van der Waals surface area contributed by atoms with Gasteiger partial charge in [-0.25, -0.2) is 9.18 Å². The zero-order valence-corrected chi connectivity index (χ0v) is 14.9. The number of aryl methyl sites for hydroxylation is 1. The Bertz CT molecular complexity index is 720. The highest BCUT2D eigenvalue weighted by Crippen LogP contribution is 2.12. The van der Waals surface area contributed by atoms with E-state index in [9.17, 15) is 9.18 Å². The maximum absolute atomic E-state index is 12.8. The monoisotopic (exact) mass is 360 g/mol. The van der Waals surface area contributed by atoms with E-state index in [2.05, 4.69) is 10.6 Å². The summed E-state index contributed by atoms with van der Waals surface area (Å²) in [6.45, 7) is 2.80. The number of esters is 1. The Kier molecular flexibility index (Phi) is 7.35. The summed E-state index contributed by atoms with van der Waals surface area (Å²) in [7, 11) is 0. The Hall–Kier alpha value is -2.47. The molecule has 0 bridgehead atoms. The average molecular weight is 360 g/mol. The number of rotatable bonds is 7. The number of carbonyl (C=O) groups excluding carboxylic acids is 1. The van der Waals surface area contributed by atoms with Gasteiger partial charge >= 0.3 is 5.97 Å². The standard InChI is InChI=1S/C19H21FN2O2S/c1-2-24-18(23)15-6-3-7-17(13-15)22-19(25)21-12-4-5-14-8-10-16(20)11-9-14/h3,6-11,13H,2,4-5,12H2,1H3,(H2,21,22,25). The van der Waals surface area contributed by atoms with Crippen molar-refractivity contribution < 1.29 is 13.9 Å². The number of thiocarbonyl (C=S) groups is 1. The van der Waals surface area contributed by atoms with Crippen LogP contribution in [0.5, 0.6) is 0 Å². The minimum atomic E-state index is -0.357. The maximum atomic E-state index is 12.8. The largest absolute Gasteiger partial charge is 0.462 e. The molecule has 0 amide bonds. The van der Waals surface area contributed by atoms with Gasteiger partial charge in [0.2, 0.25) is 0 Å². The van der Waals surface area contributed by atoms with Crippen LogP contribution in [0.25, 0.3) is 0 Å². The smallest absolute Gasteiger partial charge is 0.338 e. The molecule has 0 aromatic heterocycles. The van der Waals surface area contributed by atoms with Crippen molar-refractivity contribution in [3.05, 3.63) is 65.5 Å². The number of hydrogen-bond donors (Lipinski definition) is 2. The van der Waals surface area contributed by atoms with E-state index >= 15 is 0 Å². The molecule has 2 aromatic rings. The van der Waals surface area contributed by atoms with Gasteiger partial charge in [0.1, 0.15) is 5.82 Å². The minimum absolute atomic E-state index is 0.225. The van der Waals surface area contributed by atoms with Crippen molar-refractivity contribution in [3.8, 4) is 0 Å². The van der Waals surface area contributed by atoms with Gasteiger partial charge in [-0.1, -0.05) is 18.2 Å². The van der Waals surface area contributed by atoms with E-state index in [1.165, 1.54) is 12.1 Å². The fourth-order valence-electron chi connectivity index (χ4n) is 2.26. The number of hydrogen-bond acceptors (Lipinski definition) is 3. The van der Waals surface area contributed by atoms with Crippen LogP contribution < -0.4 is 10.6 Å². The third-order valence-electron chi connectivity index (χ3n) is 3.47. The third kappa shape index (κ3) is 6.51. The second-order valence-corrected chi connectivity index (χ2v) is 5.82. The van der Waals surface area contributed by atoms with Gasteiger partial charge in [0.15, 0.2) is 5.11 Å². The minimum Gasteiger partial charge on any atom is -0.462 e. The van der Waals surface area contributed by atoms with Crippen LogP contribution in [0.15, 0.2) is 48.5 Å². The first-order chi connectivity index (χ1) is 12.1. The first-order valence-electron chi connectivity index (χ1n) is 8.15. The molecule has 0 saturated carbocycles. The van der Waals surface area contributed by atoms with Gasteiger partial charge in [-0.2, -0.15) is 0 Å². The average Bonchev–Trinajstić information content (AvgIpc) is 2.61. The summed E-state index contributed by atoms with van der Waals surface area (Å²) < 4.78 is 17.8. The number of anilines is 1. The first kappa shape index (κ1) is 18.9. The summed E-state index contributed by atoms with van der Waals surface area (Å²) in [6, 6.07) is 13.5. The molecule has 2 N–H and O–H groups in total. The Morgan fingerprint density at radius 3 is 2.68 bits per heavy atom. The van der Waals surface area contributed by atoms with Gasteiger partial charge in [-0.05, 0) is 67.9 Å². The molecule has 2 rings (SSSR count). The maximum Gasteiger partial charge on any atom is 0.338 e. The second-order valence-electron chi connectivity index (χ2n) is 5.41. The molecule has 0 fully saturated rings. The van der Waals surface area contributed by atoms with Crippen molar-refractivity contribution in [3.63, 3.8) is 0 Å². The van der Waals surface area contributed by atoms with E-state index < -0.39 is 0 Å². The molecule has 132 valence electrons. The molecular formula is C19H21FN2O2S. The quantitative estimate of drug-likeness (QED) is 0.445. The van der Waals surface area contributed by atoms with Crippen LogP contribution in [-0.4, -0.2) is 24.2 Å². The lowest BCUT2D eigenvalue weighted by molar-refractivity contribution is 0.0526. The Morgan fingerprint density at radius 1 is 1.20 bits per heavy atom. The molecule has 0 aliphatic carbocycles. The number of benzene rings is 2. The SMILES string of the molecule is CCOC(=O)c1cccc(NC(=S)NCCCc2ccc(F)cc2)c1. The van der Waals surface area contributed by atoms with Gasteiger partial charge in [-0.3, -0.25) is 0 Å². The predicted molar refractivity (Wildman–Crippen MR) is 101 cm³/mol. The van der Waals surface area contributed by atoms with Crippen molar-refractivity contribution in [2.45, 2.75) is 19.8 Å². The van der Waals surface area contributed by atoms with E-state index in [0.29, 0.717) is 23.8 Å². The van der Waals surface area contributed by atoms with Gasteiger partial charge in [0.25, 0.3) is 0 Å². The highest BCUT2D eigenvalue weighted by Gasteiger charge is 2.07. The van der Waals surface area contributed by atoms with Crippen molar-refractivity contribution in [2.24, 2.45) is 0 Å². The molecule has 0 saturated heterocycles. The van der Waals surface area contributed by atoms with Crippen LogP contribution in [0.4, 0.5) is 10.1 Å². The molecule has 4 nitrogen and oxygen atoms in total. The Labute approximate surface area is 152 Å². The predicted octanol–water partition coefficient (Wildman–Crippen LogP) is 3.92. The molecule has 0 aliphatic rings. The van der Waals surface area contributed by atoms with E-state index in [4.69, 9.17) is 17.0 Å². The molecular weight excluding hydrogens is 339 g/mol. The summed E-state index contributed by atoms with van der Waals surface area (Å²) >= 11 is 5.26. The van der Waals surface area contributed by atoms with Crippen LogP contribution in [-0.2, 0) is 11.2 Å². The van der Waals surface area contributed by atoms with Crippen molar-refractivity contribution in [1.29, 1.82) is 0 Å². The zero-order valence-electron chi connectivity index (χ0n) is 14.0. The number of carbonyl (C=O) groups is 1. The Balaban J connectivity index is 1.75. The highest BCUT2D eigenvalue weighted by molar-refractivity contribution is 7.80. The molecule has 0 spiro atoms. The normalized spacial score (nSPS) is 10.2. The lowest BCUT2D eigenvalue weighted by Crippen LogP contribution is -2.29. The number of halogens is 1. The van der Waals surface area contributed by atoms with E-state index in [0.717, 1.165) is 24.1 Å². The van der Waals surface area contributed by atoms with Gasteiger partial charge in [0, 0.05) is 12.2 Å². The summed E-state index contributed by atoms with van der Waals surface area (Å²) in [5.74, 6) is -0.582. The van der Waals surface area contributed by atoms with Gasteiger partial charge in [-0.15, -0.1) is 0 Å². The fourth-order valence-corrected chi connectivity index (χ4v) is 2.48. The van der Waals surface area contributed by atoms with Crippen LogP contribution in [0.1, 0.15) is 29.3 Å². The van der Waals surface area contributed by atoms with Crippen molar-refractivity contribution in [1.82, 2.24) is 5.32 Å². The van der Waals surface area contributed by atoms with E-state index in [1.807, 2.05) is 6.07 Å². The van der Waals surface area contributed by atoms with Crippen LogP contribution in [0.3, 0.4) is 0 Å². The molecule has 0 radical (unpaired) electrons. The molecule has 0 atom stereocenters. The van der Waals surface area contributed by atoms with Crippen LogP contribution in [0.2, 0.25) is 0 Å². The molecule has 0 unspecified atom stereocenters. The lowest BCUT2D eigenvalue weighted by atomic mass is 10.1. The summed E-state index contributed by atoms with van der Waals surface area (Å²) in [6.07, 6.45) is 1.71. The molecule has 0 heterocycles.